The maximum Gasteiger partial charge on any atom is 0.343 e. The zero-order chi connectivity index (χ0) is 18.9. The Morgan fingerprint density at radius 2 is 1.80 bits per heavy atom. The molecule has 1 heterocycles. The highest BCUT2D eigenvalue weighted by atomic mass is 79.9. The van der Waals surface area contributed by atoms with E-state index in [1.165, 1.54) is 0 Å². The standard InChI is InChI=1S/C17H21BrN2O4S/c1-6-13-14(17(21)24-7-2)16(25(5,22)23)19-20(13)15-10(3)8-12(18)9-11(15)4/h8-9H,6-7H2,1-5H3. The first-order valence-electron chi connectivity index (χ1n) is 7.87. The van der Waals surface area contributed by atoms with Crippen LogP contribution in [0.5, 0.6) is 0 Å². The van der Waals surface area contributed by atoms with Gasteiger partial charge in [-0.05, 0) is 50.5 Å². The number of aromatic nitrogens is 2. The van der Waals surface area contributed by atoms with Crippen LogP contribution in [0.25, 0.3) is 5.69 Å². The minimum Gasteiger partial charge on any atom is -0.462 e. The van der Waals surface area contributed by atoms with E-state index in [2.05, 4.69) is 21.0 Å². The average molecular weight is 429 g/mol. The quantitative estimate of drug-likeness (QED) is 0.681. The fourth-order valence-electron chi connectivity index (χ4n) is 2.85. The van der Waals surface area contributed by atoms with E-state index in [-0.39, 0.29) is 17.2 Å². The van der Waals surface area contributed by atoms with Crippen LogP contribution in [0.4, 0.5) is 0 Å². The summed E-state index contributed by atoms with van der Waals surface area (Å²) in [7, 11) is -3.69. The summed E-state index contributed by atoms with van der Waals surface area (Å²) in [6.07, 6.45) is 1.48. The predicted molar refractivity (Wildman–Crippen MR) is 99.2 cm³/mol. The summed E-state index contributed by atoms with van der Waals surface area (Å²) in [4.78, 5) is 12.4. The highest BCUT2D eigenvalue weighted by molar-refractivity contribution is 9.10. The first kappa shape index (κ1) is 19.7. The second-order valence-electron chi connectivity index (χ2n) is 5.77. The number of halogens is 1. The van der Waals surface area contributed by atoms with Gasteiger partial charge in [0.2, 0.25) is 0 Å². The Hall–Kier alpha value is -1.67. The molecule has 0 aliphatic carbocycles. The van der Waals surface area contributed by atoms with Gasteiger partial charge >= 0.3 is 5.97 Å². The number of hydrogen-bond donors (Lipinski definition) is 0. The summed E-state index contributed by atoms with van der Waals surface area (Å²) in [5.74, 6) is -0.668. The number of rotatable bonds is 5. The molecule has 0 fully saturated rings. The van der Waals surface area contributed by atoms with E-state index < -0.39 is 15.8 Å². The number of carbonyl (C=O) groups is 1. The number of carbonyl (C=O) groups excluding carboxylic acids is 1. The molecule has 0 bridgehead atoms. The number of esters is 1. The topological polar surface area (TPSA) is 78.3 Å². The van der Waals surface area contributed by atoms with Crippen molar-refractivity contribution in [3.63, 3.8) is 0 Å². The Morgan fingerprint density at radius 3 is 2.24 bits per heavy atom. The summed E-state index contributed by atoms with van der Waals surface area (Å²) in [5, 5.41) is 4.04. The van der Waals surface area contributed by atoms with Crippen LogP contribution in [0.2, 0.25) is 0 Å². The van der Waals surface area contributed by atoms with Crippen LogP contribution in [0, 0.1) is 13.8 Å². The van der Waals surface area contributed by atoms with E-state index in [1.807, 2.05) is 32.9 Å². The summed E-state index contributed by atoms with van der Waals surface area (Å²) in [5.41, 5.74) is 3.14. The van der Waals surface area contributed by atoms with Crippen LogP contribution in [0.15, 0.2) is 21.6 Å². The fraction of sp³-hybridized carbons (Fsp3) is 0.412. The van der Waals surface area contributed by atoms with Gasteiger partial charge in [-0.2, -0.15) is 5.10 Å². The summed E-state index contributed by atoms with van der Waals surface area (Å²) in [6, 6.07) is 3.85. The number of nitrogens with zero attached hydrogens (tertiary/aromatic N) is 2. The minimum absolute atomic E-state index is 0.0218. The first-order valence-corrected chi connectivity index (χ1v) is 10.6. The lowest BCUT2D eigenvalue weighted by molar-refractivity contribution is 0.0520. The molecule has 0 spiro atoms. The second-order valence-corrected chi connectivity index (χ2v) is 8.62. The number of hydrogen-bond acceptors (Lipinski definition) is 5. The molecule has 0 unspecified atom stereocenters. The monoisotopic (exact) mass is 428 g/mol. The Kier molecular flexibility index (Phi) is 5.73. The maximum absolute atomic E-state index is 12.4. The molecule has 25 heavy (non-hydrogen) atoms. The summed E-state index contributed by atoms with van der Waals surface area (Å²) in [6.45, 7) is 7.52. The van der Waals surface area contributed by atoms with Crippen molar-refractivity contribution in [3.05, 3.63) is 39.0 Å². The van der Waals surface area contributed by atoms with Gasteiger partial charge in [0, 0.05) is 10.7 Å². The van der Waals surface area contributed by atoms with E-state index in [9.17, 15) is 13.2 Å². The number of aryl methyl sites for hydroxylation is 2. The fourth-order valence-corrected chi connectivity index (χ4v) is 4.34. The van der Waals surface area contributed by atoms with Crippen LogP contribution >= 0.6 is 15.9 Å². The van der Waals surface area contributed by atoms with Gasteiger partial charge < -0.3 is 4.74 Å². The van der Waals surface area contributed by atoms with Crippen molar-refractivity contribution in [1.82, 2.24) is 9.78 Å². The highest BCUT2D eigenvalue weighted by Crippen LogP contribution is 2.29. The molecule has 1 aromatic carbocycles. The van der Waals surface area contributed by atoms with Crippen molar-refractivity contribution in [2.45, 2.75) is 39.1 Å². The van der Waals surface area contributed by atoms with Crippen molar-refractivity contribution in [1.29, 1.82) is 0 Å². The molecule has 0 saturated heterocycles. The zero-order valence-electron chi connectivity index (χ0n) is 14.9. The summed E-state index contributed by atoms with van der Waals surface area (Å²) < 4.78 is 32.0. The molecular formula is C17H21BrN2O4S. The van der Waals surface area contributed by atoms with Gasteiger partial charge in [-0.3, -0.25) is 0 Å². The molecule has 0 atom stereocenters. The van der Waals surface area contributed by atoms with Crippen LogP contribution < -0.4 is 0 Å². The van der Waals surface area contributed by atoms with E-state index in [0.717, 1.165) is 27.5 Å². The minimum atomic E-state index is -3.69. The molecule has 0 aliphatic rings. The van der Waals surface area contributed by atoms with Gasteiger partial charge in [0.05, 0.1) is 18.0 Å². The van der Waals surface area contributed by atoms with Crippen LogP contribution in [0.3, 0.4) is 0 Å². The smallest absolute Gasteiger partial charge is 0.343 e. The zero-order valence-corrected chi connectivity index (χ0v) is 17.3. The molecule has 2 aromatic rings. The van der Waals surface area contributed by atoms with Gasteiger partial charge in [0.25, 0.3) is 0 Å². The van der Waals surface area contributed by atoms with Crippen LogP contribution in [-0.2, 0) is 21.0 Å². The van der Waals surface area contributed by atoms with Crippen molar-refractivity contribution >= 4 is 31.7 Å². The Balaban J connectivity index is 2.88. The Bertz CT molecular complexity index is 909. The molecule has 0 radical (unpaired) electrons. The van der Waals surface area contributed by atoms with Gasteiger partial charge in [0.1, 0.15) is 5.56 Å². The van der Waals surface area contributed by atoms with Crippen molar-refractivity contribution in [2.24, 2.45) is 0 Å². The second kappa shape index (κ2) is 7.29. The lowest BCUT2D eigenvalue weighted by Crippen LogP contribution is -2.12. The summed E-state index contributed by atoms with van der Waals surface area (Å²) >= 11 is 3.45. The molecule has 1 aromatic heterocycles. The lowest BCUT2D eigenvalue weighted by Gasteiger charge is -2.14. The molecule has 6 nitrogen and oxygen atoms in total. The Morgan fingerprint density at radius 1 is 1.24 bits per heavy atom. The molecule has 0 N–H and O–H groups in total. The van der Waals surface area contributed by atoms with Gasteiger partial charge in [-0.25, -0.2) is 17.9 Å². The molecule has 8 heteroatoms. The SMILES string of the molecule is CCOC(=O)c1c(S(C)(=O)=O)nn(-c2c(C)cc(Br)cc2C)c1CC. The predicted octanol–water partition coefficient (Wildman–Crippen LogP) is 3.39. The van der Waals surface area contributed by atoms with Gasteiger partial charge in [0.15, 0.2) is 14.9 Å². The molecule has 2 rings (SSSR count). The largest absolute Gasteiger partial charge is 0.462 e. The van der Waals surface area contributed by atoms with Crippen LogP contribution in [-0.4, -0.2) is 37.0 Å². The average Bonchev–Trinajstić information content (AvgIpc) is 2.85. The normalized spacial score (nSPS) is 11.6. The van der Waals surface area contributed by atoms with Gasteiger partial charge in [-0.15, -0.1) is 0 Å². The van der Waals surface area contributed by atoms with Crippen LogP contribution in [0.1, 0.15) is 41.0 Å². The lowest BCUT2D eigenvalue weighted by atomic mass is 10.1. The van der Waals surface area contributed by atoms with E-state index in [0.29, 0.717) is 12.1 Å². The Labute approximate surface area is 156 Å². The molecule has 136 valence electrons. The van der Waals surface area contributed by atoms with Crippen molar-refractivity contribution in [2.75, 3.05) is 12.9 Å². The highest BCUT2D eigenvalue weighted by Gasteiger charge is 2.30. The maximum atomic E-state index is 12.4. The van der Waals surface area contributed by atoms with E-state index in [4.69, 9.17) is 4.74 Å². The third-order valence-electron chi connectivity index (χ3n) is 3.78. The third-order valence-corrected chi connectivity index (χ3v) is 5.23. The number of ether oxygens (including phenoxy) is 1. The van der Waals surface area contributed by atoms with Crippen molar-refractivity contribution < 1.29 is 17.9 Å². The number of sulfone groups is 1. The third kappa shape index (κ3) is 3.79. The number of benzene rings is 1. The van der Waals surface area contributed by atoms with E-state index >= 15 is 0 Å². The van der Waals surface area contributed by atoms with Crippen molar-refractivity contribution in [3.8, 4) is 5.69 Å². The molecule has 0 saturated carbocycles. The molecular weight excluding hydrogens is 408 g/mol. The molecule has 0 aliphatic heterocycles. The molecule has 0 amide bonds. The van der Waals surface area contributed by atoms with Gasteiger partial charge in [-0.1, -0.05) is 22.9 Å². The first-order chi connectivity index (χ1) is 11.6. The van der Waals surface area contributed by atoms with E-state index in [1.54, 1.807) is 11.6 Å².